The number of hydrogen-bond donors (Lipinski definition) is 3. The maximum atomic E-state index is 11.9. The lowest BCUT2D eigenvalue weighted by Gasteiger charge is -2.13. The molecule has 0 heterocycles. The Bertz CT molecular complexity index is 459. The normalized spacial score (nSPS) is 11.8. The molecule has 0 spiro atoms. The van der Waals surface area contributed by atoms with Crippen molar-refractivity contribution in [2.24, 2.45) is 11.7 Å². The topological polar surface area (TPSA) is 93.5 Å². The van der Waals surface area contributed by atoms with Crippen LogP contribution in [0.1, 0.15) is 13.3 Å². The Hall–Kier alpha value is -1.92. The minimum Gasteiger partial charge on any atom is -0.375 e. The summed E-state index contributed by atoms with van der Waals surface area (Å²) < 4.78 is 4.74. The fraction of sp³-hybridized carbons (Fsp3) is 0.429. The molecule has 4 N–H and O–H groups in total. The average molecular weight is 279 g/mol. The van der Waals surface area contributed by atoms with Gasteiger partial charge in [0, 0.05) is 25.0 Å². The first kappa shape index (κ1) is 16.1. The van der Waals surface area contributed by atoms with Gasteiger partial charge in [0.05, 0.1) is 5.92 Å². The number of anilines is 2. The predicted octanol–water partition coefficient (Wildman–Crippen LogP) is 1.19. The Morgan fingerprint density at radius 1 is 1.30 bits per heavy atom. The quantitative estimate of drug-likeness (QED) is 0.699. The third-order valence-electron chi connectivity index (χ3n) is 2.84. The molecule has 2 amide bonds. The Balaban J connectivity index is 2.68. The van der Waals surface area contributed by atoms with E-state index in [9.17, 15) is 9.59 Å². The molecule has 1 aromatic carbocycles. The molecular weight excluding hydrogens is 258 g/mol. The van der Waals surface area contributed by atoms with Crippen LogP contribution in [-0.4, -0.2) is 32.1 Å². The summed E-state index contributed by atoms with van der Waals surface area (Å²) in [5, 5.41) is 5.46. The maximum Gasteiger partial charge on any atom is 0.250 e. The van der Waals surface area contributed by atoms with E-state index < -0.39 is 0 Å². The number of nitrogens with one attached hydrogen (secondary N) is 2. The highest BCUT2D eigenvalue weighted by atomic mass is 16.5. The Kier molecular flexibility index (Phi) is 6.69. The molecule has 20 heavy (non-hydrogen) atoms. The summed E-state index contributed by atoms with van der Waals surface area (Å²) in [4.78, 5) is 23.3. The van der Waals surface area contributed by atoms with E-state index in [1.54, 1.807) is 24.3 Å². The summed E-state index contributed by atoms with van der Waals surface area (Å²) in [6, 6.07) is 6.94. The second kappa shape index (κ2) is 8.29. The van der Waals surface area contributed by atoms with Crippen molar-refractivity contribution in [3.63, 3.8) is 0 Å². The highest BCUT2D eigenvalue weighted by Crippen LogP contribution is 2.16. The molecule has 0 saturated carbocycles. The lowest BCUT2D eigenvalue weighted by molar-refractivity contribution is -0.120. The van der Waals surface area contributed by atoms with Crippen LogP contribution in [0.2, 0.25) is 0 Å². The number of ether oxygens (including phenoxy) is 1. The molecule has 1 atom stereocenters. The van der Waals surface area contributed by atoms with E-state index in [2.05, 4.69) is 10.6 Å². The molecule has 6 nitrogen and oxygen atoms in total. The van der Waals surface area contributed by atoms with Gasteiger partial charge in [-0.05, 0) is 24.6 Å². The van der Waals surface area contributed by atoms with Crippen molar-refractivity contribution < 1.29 is 14.3 Å². The van der Waals surface area contributed by atoms with E-state index in [-0.39, 0.29) is 24.3 Å². The van der Waals surface area contributed by atoms with E-state index in [0.29, 0.717) is 24.3 Å². The first-order valence-electron chi connectivity index (χ1n) is 6.50. The number of carbonyl (C=O) groups excluding carboxylic acids is 2. The van der Waals surface area contributed by atoms with Crippen molar-refractivity contribution in [1.29, 1.82) is 0 Å². The van der Waals surface area contributed by atoms with Crippen molar-refractivity contribution in [3.8, 4) is 0 Å². The van der Waals surface area contributed by atoms with Crippen LogP contribution in [0.25, 0.3) is 0 Å². The molecule has 1 unspecified atom stereocenters. The summed E-state index contributed by atoms with van der Waals surface area (Å²) in [5.41, 5.74) is 6.76. The first-order chi connectivity index (χ1) is 9.60. The zero-order valence-electron chi connectivity index (χ0n) is 11.8. The average Bonchev–Trinajstić information content (AvgIpc) is 2.40. The van der Waals surface area contributed by atoms with E-state index in [4.69, 9.17) is 10.5 Å². The maximum absolute atomic E-state index is 11.9. The second-order valence-electron chi connectivity index (χ2n) is 4.39. The Labute approximate surface area is 118 Å². The van der Waals surface area contributed by atoms with Gasteiger partial charge in [-0.2, -0.15) is 0 Å². The molecule has 0 aliphatic heterocycles. The Morgan fingerprint density at radius 2 is 1.95 bits per heavy atom. The van der Waals surface area contributed by atoms with Crippen LogP contribution in [0.3, 0.4) is 0 Å². The first-order valence-corrected chi connectivity index (χ1v) is 6.50. The molecule has 1 aromatic rings. The SMILES string of the molecule is CCC(CN)C(=O)Nc1cccc(NC(=O)COC)c1. The van der Waals surface area contributed by atoms with Gasteiger partial charge in [0.2, 0.25) is 11.8 Å². The molecule has 0 saturated heterocycles. The monoisotopic (exact) mass is 279 g/mol. The third-order valence-corrected chi connectivity index (χ3v) is 2.84. The van der Waals surface area contributed by atoms with Gasteiger partial charge >= 0.3 is 0 Å². The molecule has 110 valence electrons. The van der Waals surface area contributed by atoms with Gasteiger partial charge in [0.1, 0.15) is 6.61 Å². The molecule has 0 radical (unpaired) electrons. The molecule has 0 fully saturated rings. The number of methoxy groups -OCH3 is 1. The number of amides is 2. The second-order valence-corrected chi connectivity index (χ2v) is 4.39. The molecule has 6 heteroatoms. The summed E-state index contributed by atoms with van der Waals surface area (Å²) in [5.74, 6) is -0.568. The molecule has 0 aliphatic rings. The van der Waals surface area contributed by atoms with Crippen LogP contribution in [0.5, 0.6) is 0 Å². The van der Waals surface area contributed by atoms with Gasteiger partial charge in [0.15, 0.2) is 0 Å². The van der Waals surface area contributed by atoms with E-state index >= 15 is 0 Å². The zero-order chi connectivity index (χ0) is 15.0. The van der Waals surface area contributed by atoms with Crippen LogP contribution in [0.4, 0.5) is 11.4 Å². The number of rotatable bonds is 7. The minimum atomic E-state index is -0.246. The standard InChI is InChI=1S/C14H21N3O3/c1-3-10(8-15)14(19)17-12-6-4-5-11(7-12)16-13(18)9-20-2/h4-7,10H,3,8-9,15H2,1-2H3,(H,16,18)(H,17,19). The van der Waals surface area contributed by atoms with E-state index in [0.717, 1.165) is 0 Å². The van der Waals surface area contributed by atoms with Crippen molar-refractivity contribution in [2.45, 2.75) is 13.3 Å². The predicted molar refractivity (Wildman–Crippen MR) is 78.4 cm³/mol. The van der Waals surface area contributed by atoms with E-state index in [1.165, 1.54) is 7.11 Å². The van der Waals surface area contributed by atoms with Crippen LogP contribution in [-0.2, 0) is 14.3 Å². The Morgan fingerprint density at radius 3 is 2.50 bits per heavy atom. The molecular formula is C14H21N3O3. The lowest BCUT2D eigenvalue weighted by Crippen LogP contribution is -2.28. The van der Waals surface area contributed by atoms with Crippen LogP contribution in [0, 0.1) is 5.92 Å². The molecule has 1 rings (SSSR count). The summed E-state index contributed by atoms with van der Waals surface area (Å²) in [7, 11) is 1.45. The summed E-state index contributed by atoms with van der Waals surface area (Å²) in [6.07, 6.45) is 0.687. The van der Waals surface area contributed by atoms with Gasteiger partial charge in [-0.25, -0.2) is 0 Å². The fourth-order valence-corrected chi connectivity index (χ4v) is 1.71. The van der Waals surface area contributed by atoms with Gasteiger partial charge in [-0.1, -0.05) is 13.0 Å². The molecule has 0 aliphatic carbocycles. The molecule has 0 bridgehead atoms. The van der Waals surface area contributed by atoms with Crippen molar-refractivity contribution in [1.82, 2.24) is 0 Å². The highest BCUT2D eigenvalue weighted by molar-refractivity contribution is 5.95. The highest BCUT2D eigenvalue weighted by Gasteiger charge is 2.14. The van der Waals surface area contributed by atoms with Gasteiger partial charge in [-0.15, -0.1) is 0 Å². The fourth-order valence-electron chi connectivity index (χ4n) is 1.71. The number of benzene rings is 1. The van der Waals surface area contributed by atoms with Crippen LogP contribution >= 0.6 is 0 Å². The van der Waals surface area contributed by atoms with E-state index in [1.807, 2.05) is 6.92 Å². The van der Waals surface area contributed by atoms with Crippen molar-refractivity contribution in [3.05, 3.63) is 24.3 Å². The number of carbonyl (C=O) groups is 2. The third kappa shape index (κ3) is 4.99. The number of nitrogens with two attached hydrogens (primary N) is 1. The van der Waals surface area contributed by atoms with Gasteiger partial charge in [0.25, 0.3) is 0 Å². The van der Waals surface area contributed by atoms with Crippen molar-refractivity contribution in [2.75, 3.05) is 30.9 Å². The van der Waals surface area contributed by atoms with Gasteiger partial charge < -0.3 is 21.1 Å². The van der Waals surface area contributed by atoms with Crippen molar-refractivity contribution >= 4 is 23.2 Å². The zero-order valence-corrected chi connectivity index (χ0v) is 11.8. The van der Waals surface area contributed by atoms with Crippen LogP contribution < -0.4 is 16.4 Å². The number of hydrogen-bond acceptors (Lipinski definition) is 4. The largest absolute Gasteiger partial charge is 0.375 e. The summed E-state index contributed by atoms with van der Waals surface area (Å²) >= 11 is 0. The summed E-state index contributed by atoms with van der Waals surface area (Å²) in [6.45, 7) is 2.22. The lowest BCUT2D eigenvalue weighted by atomic mass is 10.1. The molecule has 0 aromatic heterocycles. The smallest absolute Gasteiger partial charge is 0.250 e. The van der Waals surface area contributed by atoms with Crippen LogP contribution in [0.15, 0.2) is 24.3 Å². The van der Waals surface area contributed by atoms with Gasteiger partial charge in [-0.3, -0.25) is 9.59 Å². The minimum absolute atomic E-state index is 0.0122.